The summed E-state index contributed by atoms with van der Waals surface area (Å²) in [6.07, 6.45) is 1.94. The van der Waals surface area contributed by atoms with E-state index in [0.29, 0.717) is 12.5 Å². The van der Waals surface area contributed by atoms with Gasteiger partial charge >= 0.3 is 0 Å². The second kappa shape index (κ2) is 6.36. The largest absolute Gasteiger partial charge is 0.472 e. The minimum atomic E-state index is 0.527. The summed E-state index contributed by atoms with van der Waals surface area (Å²) in [6.45, 7) is 0.527. The van der Waals surface area contributed by atoms with Crippen LogP contribution in [0.3, 0.4) is 0 Å². The lowest BCUT2D eigenvalue weighted by Gasteiger charge is -2.02. The van der Waals surface area contributed by atoms with Gasteiger partial charge in [0.2, 0.25) is 5.88 Å². The van der Waals surface area contributed by atoms with Crippen LogP contribution in [0, 0.1) is 0 Å². The Hall–Kier alpha value is -1.41. The van der Waals surface area contributed by atoms with Gasteiger partial charge in [-0.2, -0.15) is 0 Å². The van der Waals surface area contributed by atoms with Crippen LogP contribution in [-0.4, -0.2) is 9.61 Å². The second-order valence-corrected chi connectivity index (χ2v) is 5.90. The molecule has 0 aliphatic rings. The Morgan fingerprint density at radius 1 is 1.20 bits per heavy atom. The molecular weight excluding hydrogens is 385 g/mol. The Kier molecular flexibility index (Phi) is 4.31. The van der Waals surface area contributed by atoms with Crippen molar-refractivity contribution in [2.75, 3.05) is 4.72 Å². The van der Waals surface area contributed by atoms with Gasteiger partial charge in [0.1, 0.15) is 6.61 Å². The van der Waals surface area contributed by atoms with Crippen molar-refractivity contribution in [2.45, 2.75) is 6.61 Å². The third-order valence-electron chi connectivity index (χ3n) is 2.82. The maximum atomic E-state index is 5.72. The lowest BCUT2D eigenvalue weighted by molar-refractivity contribution is 0.292. The Morgan fingerprint density at radius 3 is 2.85 bits per heavy atom. The van der Waals surface area contributed by atoms with Gasteiger partial charge in [-0.1, -0.05) is 30.3 Å². The molecule has 2 aromatic heterocycles. The van der Waals surface area contributed by atoms with E-state index in [9.17, 15) is 0 Å². The van der Waals surface area contributed by atoms with Gasteiger partial charge in [-0.3, -0.25) is 0 Å². The van der Waals surface area contributed by atoms with Crippen molar-refractivity contribution >= 4 is 41.5 Å². The Morgan fingerprint density at radius 2 is 2.05 bits per heavy atom. The molecule has 0 bridgehead atoms. The highest BCUT2D eigenvalue weighted by molar-refractivity contribution is 14.2. The monoisotopic (exact) mass is 397 g/mol. The number of benzene rings is 1. The number of pyridine rings is 1. The smallest absolute Gasteiger partial charge is 0.234 e. The van der Waals surface area contributed by atoms with E-state index in [1.54, 1.807) is 0 Å². The van der Waals surface area contributed by atoms with Crippen molar-refractivity contribution in [3.63, 3.8) is 0 Å². The average molecular weight is 397 g/mol. The quantitative estimate of drug-likeness (QED) is 0.514. The van der Waals surface area contributed by atoms with Gasteiger partial charge in [-0.05, 0) is 17.7 Å². The molecule has 0 fully saturated rings. The topological polar surface area (TPSA) is 38.6 Å². The van der Waals surface area contributed by atoms with Crippen molar-refractivity contribution in [2.24, 2.45) is 0 Å². The molecule has 0 atom stereocenters. The van der Waals surface area contributed by atoms with E-state index in [4.69, 9.17) is 4.74 Å². The molecule has 0 unspecified atom stereocenters. The van der Waals surface area contributed by atoms with Crippen LogP contribution in [0.1, 0.15) is 5.56 Å². The van der Waals surface area contributed by atoms with E-state index in [1.165, 1.54) is 9.12 Å². The van der Waals surface area contributed by atoms with Crippen molar-refractivity contribution in [1.82, 2.24) is 9.61 Å². The normalized spacial score (nSPS) is 10.7. The summed E-state index contributed by atoms with van der Waals surface area (Å²) in [4.78, 5) is 0. The van der Waals surface area contributed by atoms with Crippen molar-refractivity contribution in [3.8, 4) is 5.88 Å². The Balaban J connectivity index is 1.75. The fourth-order valence-electron chi connectivity index (χ4n) is 1.87. The molecule has 2 heterocycles. The molecular formula is C14H12IN3OS. The minimum Gasteiger partial charge on any atom is -0.472 e. The number of nitrogens with zero attached hydrogens (tertiary/aromatic N) is 2. The summed E-state index contributed by atoms with van der Waals surface area (Å²) in [6, 6.07) is 16.0. The van der Waals surface area contributed by atoms with E-state index in [0.717, 1.165) is 16.8 Å². The van der Waals surface area contributed by atoms with Crippen LogP contribution in [0.5, 0.6) is 5.88 Å². The predicted molar refractivity (Wildman–Crippen MR) is 91.2 cm³/mol. The molecule has 0 aliphatic heterocycles. The number of fused-ring (bicyclic) bond motifs is 1. The van der Waals surface area contributed by atoms with Crippen molar-refractivity contribution in [1.29, 1.82) is 0 Å². The van der Waals surface area contributed by atoms with Gasteiger partial charge in [0.15, 0.2) is 0 Å². The maximum Gasteiger partial charge on any atom is 0.234 e. The van der Waals surface area contributed by atoms with Crippen LogP contribution in [0.2, 0.25) is 0 Å². The highest BCUT2D eigenvalue weighted by Gasteiger charge is 2.03. The number of anilines is 1. The van der Waals surface area contributed by atoms with E-state index < -0.39 is 0 Å². The zero-order valence-corrected chi connectivity index (χ0v) is 13.5. The minimum absolute atomic E-state index is 0.527. The van der Waals surface area contributed by atoms with Gasteiger partial charge in [0, 0.05) is 36.4 Å². The first kappa shape index (κ1) is 13.6. The molecule has 0 saturated heterocycles. The van der Waals surface area contributed by atoms with Gasteiger partial charge in [0.05, 0.1) is 17.4 Å². The fraction of sp³-hybridized carbons (Fsp3) is 0.0714. The Labute approximate surface area is 133 Å². The molecule has 4 nitrogen and oxygen atoms in total. The third kappa shape index (κ3) is 3.18. The van der Waals surface area contributed by atoms with Crippen LogP contribution in [-0.2, 0) is 6.61 Å². The van der Waals surface area contributed by atoms with E-state index in [-0.39, 0.29) is 0 Å². The highest BCUT2D eigenvalue weighted by atomic mass is 127. The molecule has 6 heteroatoms. The predicted octanol–water partition coefficient (Wildman–Crippen LogP) is 4.32. The molecule has 0 saturated carbocycles. The molecule has 20 heavy (non-hydrogen) atoms. The standard InChI is InChI=1S/C14H12IN3OS/c15-20-17-12-6-7-13-8-14(16-18(13)9-12)19-10-11-4-2-1-3-5-11/h1-9,17H,10H2. The maximum absolute atomic E-state index is 5.72. The molecule has 3 rings (SSSR count). The number of ether oxygens (including phenoxy) is 1. The summed E-state index contributed by atoms with van der Waals surface area (Å²) in [5.41, 5.74) is 3.15. The van der Waals surface area contributed by atoms with E-state index in [1.807, 2.05) is 59.2 Å². The summed E-state index contributed by atoms with van der Waals surface area (Å²) >= 11 is 2.19. The number of hydrogen-bond donors (Lipinski definition) is 1. The first-order chi connectivity index (χ1) is 9.85. The van der Waals surface area contributed by atoms with Gasteiger partial charge < -0.3 is 9.46 Å². The Bertz CT molecular complexity index is 702. The number of rotatable bonds is 5. The molecule has 1 N–H and O–H groups in total. The number of aromatic nitrogens is 2. The molecule has 1 aromatic carbocycles. The van der Waals surface area contributed by atoms with Gasteiger partial charge in [0.25, 0.3) is 0 Å². The fourth-order valence-corrected chi connectivity index (χ4v) is 2.84. The lowest BCUT2D eigenvalue weighted by atomic mass is 10.2. The summed E-state index contributed by atoms with van der Waals surface area (Å²) in [7, 11) is 1.53. The van der Waals surface area contributed by atoms with E-state index >= 15 is 0 Å². The zero-order chi connectivity index (χ0) is 13.8. The summed E-state index contributed by atoms with van der Waals surface area (Å²) in [5.74, 6) is 0.633. The molecule has 0 radical (unpaired) electrons. The lowest BCUT2D eigenvalue weighted by Crippen LogP contribution is -1.96. The highest BCUT2D eigenvalue weighted by Crippen LogP contribution is 2.21. The van der Waals surface area contributed by atoms with E-state index in [2.05, 4.69) is 31.0 Å². The SMILES string of the molecule is ISNc1ccc2cc(OCc3ccccc3)nn2c1. The van der Waals surface area contributed by atoms with Gasteiger partial charge in [-0.15, -0.1) is 5.10 Å². The summed E-state index contributed by atoms with van der Waals surface area (Å²) < 4.78 is 10.7. The first-order valence-electron chi connectivity index (χ1n) is 6.05. The number of nitrogens with one attached hydrogen (secondary N) is 1. The van der Waals surface area contributed by atoms with Crippen LogP contribution >= 0.6 is 30.3 Å². The first-order valence-corrected chi connectivity index (χ1v) is 9.41. The molecule has 3 aromatic rings. The number of hydrogen-bond acceptors (Lipinski definition) is 4. The molecule has 0 aliphatic carbocycles. The summed E-state index contributed by atoms with van der Waals surface area (Å²) in [5, 5.41) is 4.41. The molecule has 0 amide bonds. The molecule has 0 spiro atoms. The van der Waals surface area contributed by atoms with Crippen molar-refractivity contribution in [3.05, 3.63) is 60.3 Å². The van der Waals surface area contributed by atoms with Crippen LogP contribution < -0.4 is 9.46 Å². The van der Waals surface area contributed by atoms with Crippen molar-refractivity contribution < 1.29 is 4.74 Å². The van der Waals surface area contributed by atoms with Crippen LogP contribution in [0.25, 0.3) is 5.52 Å². The second-order valence-electron chi connectivity index (χ2n) is 4.22. The zero-order valence-electron chi connectivity index (χ0n) is 10.5. The average Bonchev–Trinajstić information content (AvgIpc) is 2.89. The number of halogens is 1. The molecule has 102 valence electrons. The third-order valence-corrected chi connectivity index (χ3v) is 3.80. The van der Waals surface area contributed by atoms with Crippen LogP contribution in [0.4, 0.5) is 5.69 Å². The van der Waals surface area contributed by atoms with Gasteiger partial charge in [-0.25, -0.2) is 4.52 Å². The van der Waals surface area contributed by atoms with Crippen LogP contribution in [0.15, 0.2) is 54.7 Å².